The molecule has 6 N–H and O–H groups in total. The van der Waals surface area contributed by atoms with Crippen molar-refractivity contribution in [1.29, 1.82) is 0 Å². The first kappa shape index (κ1) is 92.2. The highest BCUT2D eigenvalue weighted by Crippen LogP contribution is 2.41. The van der Waals surface area contributed by atoms with E-state index < -0.39 is 0 Å². The second kappa shape index (κ2) is 43.0. The van der Waals surface area contributed by atoms with E-state index in [1.807, 2.05) is 119 Å². The van der Waals surface area contributed by atoms with Crippen molar-refractivity contribution in [3.63, 3.8) is 0 Å². The van der Waals surface area contributed by atoms with Crippen molar-refractivity contribution in [3.05, 3.63) is 393 Å². The second-order valence-electron chi connectivity index (χ2n) is 34.5. The van der Waals surface area contributed by atoms with E-state index in [1.165, 1.54) is 44.3 Å². The summed E-state index contributed by atoms with van der Waals surface area (Å²) in [6, 6.07) is 105. The van der Waals surface area contributed by atoms with E-state index in [0.717, 1.165) is 94.8 Å². The molecular weight excluding hydrogens is 1560 g/mol. The molecule has 15 heteroatoms. The molecule has 2 atom stereocenters. The zero-order chi connectivity index (χ0) is 89.5. The number of hydrogen-bond acceptors (Lipinski definition) is 11. The summed E-state index contributed by atoms with van der Waals surface area (Å²) in [7, 11) is 0. The number of carbonyl (C=O) groups is 2. The number of imidazole rings is 1. The molecule has 125 heavy (non-hydrogen) atoms. The lowest BCUT2D eigenvalue weighted by Crippen LogP contribution is -2.21. The highest BCUT2D eigenvalue weighted by molar-refractivity contribution is 7.98. The molecule has 638 valence electrons. The maximum absolute atomic E-state index is 11.8. The van der Waals surface area contributed by atoms with E-state index >= 15 is 0 Å². The number of para-hydroxylation sites is 3. The number of pyridine rings is 2. The predicted molar refractivity (Wildman–Crippen MR) is 527 cm³/mol. The van der Waals surface area contributed by atoms with E-state index in [1.54, 1.807) is 30.1 Å². The van der Waals surface area contributed by atoms with Crippen LogP contribution in [0.4, 0.5) is 34.1 Å². The van der Waals surface area contributed by atoms with Crippen LogP contribution in [0, 0.1) is 32.9 Å². The van der Waals surface area contributed by atoms with Crippen LogP contribution in [-0.2, 0) is 20.4 Å². The zero-order valence-electron chi connectivity index (χ0n) is 75.1. The number of rotatable bonds is 21. The van der Waals surface area contributed by atoms with Crippen LogP contribution in [-0.4, -0.2) is 60.8 Å². The lowest BCUT2D eigenvalue weighted by atomic mass is 9.79. The summed E-state index contributed by atoms with van der Waals surface area (Å²) < 4.78 is 0.599. The van der Waals surface area contributed by atoms with E-state index in [4.69, 9.17) is 9.97 Å². The van der Waals surface area contributed by atoms with Crippen LogP contribution in [0.1, 0.15) is 197 Å². The third-order valence-electron chi connectivity index (χ3n) is 21.5. The van der Waals surface area contributed by atoms with Crippen LogP contribution < -0.4 is 21.3 Å². The van der Waals surface area contributed by atoms with Gasteiger partial charge in [0, 0.05) is 63.4 Å². The van der Waals surface area contributed by atoms with Gasteiger partial charge in [0.1, 0.15) is 18.9 Å². The summed E-state index contributed by atoms with van der Waals surface area (Å²) in [5, 5.41) is 38.9. The van der Waals surface area contributed by atoms with Gasteiger partial charge in [0.2, 0.25) is 17.5 Å². The number of thioether (sulfide) groups is 1. The fourth-order valence-corrected chi connectivity index (χ4v) is 15.0. The lowest BCUT2D eigenvalue weighted by molar-refractivity contribution is -0.349. The van der Waals surface area contributed by atoms with Gasteiger partial charge in [-0.1, -0.05) is 324 Å². The number of H-pyrrole nitrogens is 1. The van der Waals surface area contributed by atoms with Crippen molar-refractivity contribution in [2.24, 2.45) is 4.99 Å². The van der Waals surface area contributed by atoms with Gasteiger partial charge in [-0.05, 0) is 197 Å². The molecule has 0 radical (unpaired) electrons. The normalized spacial score (nSPS) is 11.7. The number of hydrogen-bond donors (Lipinski definition) is 6. The Labute approximate surface area is 743 Å². The predicted octanol–water partition coefficient (Wildman–Crippen LogP) is 28.2. The minimum absolute atomic E-state index is 0.0442. The maximum atomic E-state index is 11.8. The van der Waals surface area contributed by atoms with Gasteiger partial charge in [-0.25, -0.2) is 4.98 Å². The fraction of sp³-hybridized carbons (Fsp3) is 0.227. The molecule has 15 rings (SSSR count). The summed E-state index contributed by atoms with van der Waals surface area (Å²) in [4.78, 5) is 46.0. The number of aromatic hydroxyl groups is 1. The highest BCUT2D eigenvalue weighted by Gasteiger charge is 2.27. The van der Waals surface area contributed by atoms with Gasteiger partial charge in [-0.3, -0.25) is 24.5 Å². The number of nitrogens with zero attached hydrogens (tertiary/aromatic N) is 5. The van der Waals surface area contributed by atoms with Gasteiger partial charge in [0.25, 0.3) is 0 Å². The number of aromatic nitrogens is 4. The summed E-state index contributed by atoms with van der Waals surface area (Å²) in [6.45, 7) is 37.4. The molecular formula is C110H118N10O4S. The van der Waals surface area contributed by atoms with Crippen LogP contribution in [0.3, 0.4) is 0 Å². The van der Waals surface area contributed by atoms with Crippen LogP contribution in [0.15, 0.2) is 320 Å². The Morgan fingerprint density at radius 2 is 0.984 bits per heavy atom. The first-order chi connectivity index (χ1) is 59.9. The molecule has 0 fully saturated rings. The molecule has 3 aromatic heterocycles. The van der Waals surface area contributed by atoms with Crippen molar-refractivity contribution >= 4 is 92.4 Å². The first-order valence-corrected chi connectivity index (χ1v) is 44.0. The molecule has 0 aliphatic carbocycles. The molecule has 3 heterocycles. The Morgan fingerprint density at radius 3 is 1.50 bits per heavy atom. The Hall–Kier alpha value is -13.5. The molecule has 0 bridgehead atoms. The van der Waals surface area contributed by atoms with Gasteiger partial charge in [0.05, 0.1) is 51.6 Å². The molecule has 0 aliphatic rings. The van der Waals surface area contributed by atoms with Crippen LogP contribution >= 0.6 is 11.8 Å². The van der Waals surface area contributed by atoms with Gasteiger partial charge in [0.15, 0.2) is 5.16 Å². The van der Waals surface area contributed by atoms with Crippen molar-refractivity contribution < 1.29 is 19.4 Å². The van der Waals surface area contributed by atoms with Crippen LogP contribution in [0.25, 0.3) is 44.3 Å². The van der Waals surface area contributed by atoms with Crippen molar-refractivity contribution in [1.82, 2.24) is 19.9 Å². The van der Waals surface area contributed by atoms with Crippen LogP contribution in [0.5, 0.6) is 5.75 Å². The molecule has 15 aromatic rings. The molecule has 0 aliphatic heterocycles. The monoisotopic (exact) mass is 1670 g/mol. The first-order valence-electron chi connectivity index (χ1n) is 42.7. The minimum Gasteiger partial charge on any atom is -0.619 e. The van der Waals surface area contributed by atoms with E-state index in [0.29, 0.717) is 45.1 Å². The number of fused-ring (bicyclic) bond motifs is 2. The van der Waals surface area contributed by atoms with Crippen LogP contribution in [0.2, 0.25) is 0 Å². The van der Waals surface area contributed by atoms with Gasteiger partial charge >= 0.3 is 0 Å². The van der Waals surface area contributed by atoms with E-state index in [9.17, 15) is 19.9 Å². The zero-order valence-corrected chi connectivity index (χ0v) is 76.0. The summed E-state index contributed by atoms with van der Waals surface area (Å²) in [5.41, 5.74) is 26.4. The van der Waals surface area contributed by atoms with Gasteiger partial charge in [-0.15, -0.1) is 0 Å². The number of carbonyl (C=O) groups excluding carboxylic acids is 2. The average Bonchev–Trinajstić information content (AvgIpc) is 1.37. The number of phenolic OH excluding ortho intramolecular Hbond substituents is 1. The maximum Gasteiger partial charge on any atom is 0.233 e. The Kier molecular flexibility index (Phi) is 31.7. The number of aliphatic imine (C=N–C) groups is 1. The standard InChI is InChI=1S/C31H28N2.C30H32N2.C24H32N2O2.C17H18N2O2.C8H8N2S/c1-22(2)23-18-20-26(21-19-23)32-31(25-11-4-3-5-12-25)30-17-9-16-29(33-30)28-15-8-13-24-10-6-7-14-27(24)28;1-21(2)25-17-11-18-26(22(3)4)30(25)32-29(24-15-9-6-10-16-24)28-20-12-19-27(31-28)23-13-7-5-8-14-23;1-15-10-19(26(9)28)11-16(2)21(15)25-14-17-12-18(23(3,4)5)13-20(22(17)27)24(6,7)8;1-12-3-7-14(8-4-12)18-16(20)11-17(21)19-15-9-5-13(2)6-10-15;1-11-8-9-6-4-2-3-5-7(6)10-8/h3-22,31-32H,1-2H3;5-22,29,32H,1-4H3;10-14,27H,9H2,1-8H3;3-10H,11H2,1-2H3,(H,18,20)(H,19,21);2-5H,1H3,(H,9,10). The molecule has 2 amide bonds. The number of amides is 2. The average molecular weight is 1680 g/mol. The molecule has 0 saturated heterocycles. The summed E-state index contributed by atoms with van der Waals surface area (Å²) in [5.74, 6) is 0.974. The topological polar surface area (TPSA) is 195 Å². The number of aryl methyl sites for hydroxylation is 4. The number of anilines is 4. The Balaban J connectivity index is 0.000000157. The van der Waals surface area contributed by atoms with Crippen molar-refractivity contribution in [3.8, 4) is 28.3 Å². The SMILES string of the molecule is C=[N+]([O-])c1cc(C)c(N=Cc2cc(C(C)(C)C)cc(C(C)(C)C)c2O)c(C)c1.CC(C)c1ccc(NC(c2ccccc2)c2cccc(-c3cccc4ccccc34)n2)cc1.CC(C)c1cccc(C(C)C)c1NC(c1ccccc1)c1cccc(-c2ccccc2)n1.CSc1nc2ccccc2[nH]1.Cc1ccc(NC(=O)CC(=O)Nc2ccc(C)cc2)cc1. The number of aromatic amines is 1. The molecule has 14 nitrogen and oxygen atoms in total. The summed E-state index contributed by atoms with van der Waals surface area (Å²) in [6.07, 6.45) is 3.52. The van der Waals surface area contributed by atoms with Crippen molar-refractivity contribution in [2.75, 3.05) is 27.5 Å². The van der Waals surface area contributed by atoms with Gasteiger partial charge < -0.3 is 36.6 Å². The third-order valence-corrected chi connectivity index (χ3v) is 22.1. The lowest BCUT2D eigenvalue weighted by Gasteiger charge is -2.27. The quantitative estimate of drug-likeness (QED) is 0.0101. The fourth-order valence-electron chi connectivity index (χ4n) is 14.6. The molecule has 12 aromatic carbocycles. The third kappa shape index (κ3) is 25.6. The van der Waals surface area contributed by atoms with E-state index in [-0.39, 0.29) is 46.9 Å². The van der Waals surface area contributed by atoms with Crippen molar-refractivity contribution in [2.45, 2.75) is 163 Å². The molecule has 2 unspecified atom stereocenters. The summed E-state index contributed by atoms with van der Waals surface area (Å²) >= 11 is 1.63. The number of nitrogens with one attached hydrogen (secondary N) is 5. The van der Waals surface area contributed by atoms with E-state index in [2.05, 4.69) is 338 Å². The number of benzene rings is 12. The smallest absolute Gasteiger partial charge is 0.233 e. The minimum atomic E-state index is -0.330. The Morgan fingerprint density at radius 1 is 0.504 bits per heavy atom. The number of phenols is 1. The van der Waals surface area contributed by atoms with Gasteiger partial charge in [-0.2, -0.15) is 4.74 Å². The largest absolute Gasteiger partial charge is 0.619 e. The highest BCUT2D eigenvalue weighted by atomic mass is 32.2. The molecule has 0 saturated carbocycles. The molecule has 0 spiro atoms. The second-order valence-corrected chi connectivity index (χ2v) is 35.3. The Bertz CT molecular complexity index is 5990.